The van der Waals surface area contributed by atoms with Gasteiger partial charge in [0.05, 0.1) is 10.4 Å². The number of benzene rings is 1. The van der Waals surface area contributed by atoms with Gasteiger partial charge in [0, 0.05) is 22.9 Å². The van der Waals surface area contributed by atoms with Gasteiger partial charge in [-0.15, -0.1) is 0 Å². The van der Waals surface area contributed by atoms with Crippen molar-refractivity contribution in [1.82, 2.24) is 10.3 Å². The lowest BCUT2D eigenvalue weighted by atomic mass is 10.1. The summed E-state index contributed by atoms with van der Waals surface area (Å²) in [5.74, 6) is 0. The molecule has 1 amide bonds. The highest BCUT2D eigenvalue weighted by atomic mass is 79.9. The first-order valence-electron chi connectivity index (χ1n) is 5.92. The van der Waals surface area contributed by atoms with Crippen LogP contribution < -0.4 is 10.6 Å². The lowest BCUT2D eigenvalue weighted by Gasteiger charge is -2.10. The zero-order chi connectivity index (χ0) is 15.4. The monoisotopic (exact) mass is 354 g/mol. The standard InChI is InChI=1S/C12H11BrN4O4/c13-7-1-2-8-9(5-7)16-6-10(17(20)21)11(8)14-3-4-15-12(18)19/h1-2,5-6,15H,3-4H2,(H,14,16)(H,18,19). The summed E-state index contributed by atoms with van der Waals surface area (Å²) >= 11 is 3.31. The van der Waals surface area contributed by atoms with Crippen LogP contribution in [0, 0.1) is 10.1 Å². The molecule has 0 unspecified atom stereocenters. The molecule has 2 aromatic rings. The number of nitro groups is 1. The smallest absolute Gasteiger partial charge is 0.404 e. The quantitative estimate of drug-likeness (QED) is 0.431. The molecule has 1 aromatic heterocycles. The molecule has 0 saturated carbocycles. The van der Waals surface area contributed by atoms with Crippen molar-refractivity contribution in [2.45, 2.75) is 0 Å². The van der Waals surface area contributed by atoms with Crippen molar-refractivity contribution in [3.63, 3.8) is 0 Å². The van der Waals surface area contributed by atoms with E-state index < -0.39 is 11.0 Å². The maximum Gasteiger partial charge on any atom is 0.404 e. The van der Waals surface area contributed by atoms with Crippen LogP contribution in [-0.2, 0) is 0 Å². The lowest BCUT2D eigenvalue weighted by Crippen LogP contribution is -2.27. The summed E-state index contributed by atoms with van der Waals surface area (Å²) in [6, 6.07) is 5.22. The minimum Gasteiger partial charge on any atom is -0.465 e. The first-order chi connectivity index (χ1) is 9.99. The SMILES string of the molecule is O=C(O)NCCNc1c([N+](=O)[O-])cnc2cc(Br)ccc12. The van der Waals surface area contributed by atoms with Crippen LogP contribution in [-0.4, -0.2) is 34.2 Å². The molecular weight excluding hydrogens is 344 g/mol. The van der Waals surface area contributed by atoms with Gasteiger partial charge in [0.1, 0.15) is 11.9 Å². The Morgan fingerprint density at radius 2 is 2.19 bits per heavy atom. The minimum absolute atomic E-state index is 0.132. The summed E-state index contributed by atoms with van der Waals surface area (Å²) in [4.78, 5) is 25.0. The highest BCUT2D eigenvalue weighted by molar-refractivity contribution is 9.10. The molecule has 8 nitrogen and oxygen atoms in total. The molecule has 1 aromatic carbocycles. The average Bonchev–Trinajstić information content (AvgIpc) is 2.42. The largest absolute Gasteiger partial charge is 0.465 e. The molecule has 0 aliphatic rings. The van der Waals surface area contributed by atoms with E-state index in [1.54, 1.807) is 18.2 Å². The number of amides is 1. The Balaban J connectivity index is 2.34. The van der Waals surface area contributed by atoms with Gasteiger partial charge in [-0.1, -0.05) is 15.9 Å². The number of hydrogen-bond acceptors (Lipinski definition) is 5. The molecular formula is C12H11BrN4O4. The molecule has 0 aliphatic heterocycles. The number of nitrogens with zero attached hydrogens (tertiary/aromatic N) is 2. The third-order valence-corrected chi connectivity index (χ3v) is 3.20. The van der Waals surface area contributed by atoms with Crippen molar-refractivity contribution in [3.8, 4) is 0 Å². The molecule has 0 bridgehead atoms. The Kier molecular flexibility index (Phi) is 4.53. The number of nitrogens with one attached hydrogen (secondary N) is 2. The Morgan fingerprint density at radius 1 is 1.43 bits per heavy atom. The second-order valence-corrected chi connectivity index (χ2v) is 5.01. The van der Waals surface area contributed by atoms with Gasteiger partial charge in [-0.05, 0) is 18.2 Å². The van der Waals surface area contributed by atoms with Crippen LogP contribution in [0.1, 0.15) is 0 Å². The number of pyridine rings is 1. The van der Waals surface area contributed by atoms with Crippen LogP contribution in [0.25, 0.3) is 10.9 Å². The van der Waals surface area contributed by atoms with E-state index in [-0.39, 0.29) is 18.8 Å². The van der Waals surface area contributed by atoms with Gasteiger partial charge in [0.25, 0.3) is 0 Å². The highest BCUT2D eigenvalue weighted by Gasteiger charge is 2.17. The molecule has 3 N–H and O–H groups in total. The van der Waals surface area contributed by atoms with Crippen molar-refractivity contribution in [1.29, 1.82) is 0 Å². The normalized spacial score (nSPS) is 10.3. The van der Waals surface area contributed by atoms with Gasteiger partial charge in [0.2, 0.25) is 0 Å². The van der Waals surface area contributed by atoms with E-state index in [2.05, 4.69) is 31.5 Å². The summed E-state index contributed by atoms with van der Waals surface area (Å²) in [5, 5.41) is 25.2. The molecule has 0 spiro atoms. The molecule has 0 atom stereocenters. The van der Waals surface area contributed by atoms with Crippen LogP contribution in [0.2, 0.25) is 0 Å². The van der Waals surface area contributed by atoms with E-state index in [1.807, 2.05) is 0 Å². The summed E-state index contributed by atoms with van der Waals surface area (Å²) < 4.78 is 0.815. The molecule has 9 heteroatoms. The van der Waals surface area contributed by atoms with Crippen LogP contribution in [0.15, 0.2) is 28.9 Å². The fraction of sp³-hybridized carbons (Fsp3) is 0.167. The van der Waals surface area contributed by atoms with E-state index >= 15 is 0 Å². The van der Waals surface area contributed by atoms with Crippen molar-refractivity contribution in [2.24, 2.45) is 0 Å². The van der Waals surface area contributed by atoms with Crippen molar-refractivity contribution in [2.75, 3.05) is 18.4 Å². The van der Waals surface area contributed by atoms with Crippen molar-refractivity contribution in [3.05, 3.63) is 39.0 Å². The zero-order valence-electron chi connectivity index (χ0n) is 10.7. The van der Waals surface area contributed by atoms with Gasteiger partial charge in [-0.3, -0.25) is 10.1 Å². The molecule has 21 heavy (non-hydrogen) atoms. The van der Waals surface area contributed by atoms with Crippen LogP contribution in [0.3, 0.4) is 0 Å². The van der Waals surface area contributed by atoms with Gasteiger partial charge in [-0.25, -0.2) is 9.78 Å². The van der Waals surface area contributed by atoms with Crippen LogP contribution in [0.5, 0.6) is 0 Å². The summed E-state index contributed by atoms with van der Waals surface area (Å²) in [5.41, 5.74) is 0.772. The number of carbonyl (C=O) groups is 1. The maximum absolute atomic E-state index is 11.1. The molecule has 0 saturated heterocycles. The Hall–Kier alpha value is -2.42. The fourth-order valence-corrected chi connectivity index (χ4v) is 2.19. The number of aromatic nitrogens is 1. The zero-order valence-corrected chi connectivity index (χ0v) is 12.3. The third kappa shape index (κ3) is 3.57. The number of carboxylic acid groups (broad SMARTS) is 1. The minimum atomic E-state index is -1.14. The van der Waals surface area contributed by atoms with E-state index in [0.29, 0.717) is 16.6 Å². The molecule has 110 valence electrons. The maximum atomic E-state index is 11.1. The van der Waals surface area contributed by atoms with Crippen molar-refractivity contribution >= 4 is 44.3 Å². The predicted molar refractivity (Wildman–Crippen MR) is 80.6 cm³/mol. The van der Waals surface area contributed by atoms with Crippen LogP contribution >= 0.6 is 15.9 Å². The first kappa shape index (κ1) is 15.0. The predicted octanol–water partition coefficient (Wildman–Crippen LogP) is 2.59. The summed E-state index contributed by atoms with van der Waals surface area (Å²) in [7, 11) is 0. The molecule has 0 radical (unpaired) electrons. The summed E-state index contributed by atoms with van der Waals surface area (Å²) in [6.07, 6.45) is 0.0386. The van der Waals surface area contributed by atoms with Gasteiger partial charge in [-0.2, -0.15) is 0 Å². The van der Waals surface area contributed by atoms with Crippen LogP contribution in [0.4, 0.5) is 16.2 Å². The van der Waals surface area contributed by atoms with Gasteiger partial charge >= 0.3 is 11.8 Å². The number of rotatable bonds is 5. The van der Waals surface area contributed by atoms with E-state index in [9.17, 15) is 14.9 Å². The average molecular weight is 355 g/mol. The second-order valence-electron chi connectivity index (χ2n) is 4.10. The third-order valence-electron chi connectivity index (χ3n) is 2.71. The first-order valence-corrected chi connectivity index (χ1v) is 6.71. The highest BCUT2D eigenvalue weighted by Crippen LogP contribution is 2.32. The topological polar surface area (TPSA) is 117 Å². The fourth-order valence-electron chi connectivity index (χ4n) is 1.84. The van der Waals surface area contributed by atoms with E-state index in [1.165, 1.54) is 6.20 Å². The number of anilines is 1. The lowest BCUT2D eigenvalue weighted by molar-refractivity contribution is -0.384. The summed E-state index contributed by atoms with van der Waals surface area (Å²) in [6.45, 7) is 0.356. The Bertz CT molecular complexity index is 707. The number of fused-ring (bicyclic) bond motifs is 1. The van der Waals surface area contributed by atoms with Gasteiger partial charge < -0.3 is 15.7 Å². The van der Waals surface area contributed by atoms with E-state index in [4.69, 9.17) is 5.11 Å². The Labute approximate surface area is 127 Å². The molecule has 0 fully saturated rings. The number of halogens is 1. The molecule has 0 aliphatic carbocycles. The van der Waals surface area contributed by atoms with E-state index in [0.717, 1.165) is 4.47 Å². The Morgan fingerprint density at radius 3 is 2.86 bits per heavy atom. The second kappa shape index (κ2) is 6.35. The number of hydrogen-bond donors (Lipinski definition) is 3. The molecule has 2 rings (SSSR count). The van der Waals surface area contributed by atoms with Crippen molar-refractivity contribution < 1.29 is 14.8 Å². The van der Waals surface area contributed by atoms with Gasteiger partial charge in [0.15, 0.2) is 0 Å². The molecule has 1 heterocycles.